The fraction of sp³-hybridized carbons (Fsp3) is 0.545. The third-order valence-electron chi connectivity index (χ3n) is 6.02. The molecule has 8 nitrogen and oxygen atoms in total. The third-order valence-corrected chi connectivity index (χ3v) is 7.20. The summed E-state index contributed by atoms with van der Waals surface area (Å²) in [6.45, 7) is 8.35. The molecule has 1 aromatic carbocycles. The number of β-amino-alcohol motifs (C(OH)–C–C–N with tert-alkyl or cyclic N) is 1. The van der Waals surface area contributed by atoms with Crippen LogP contribution in [0.1, 0.15) is 35.0 Å². The van der Waals surface area contributed by atoms with E-state index in [0.717, 1.165) is 73.2 Å². The highest BCUT2D eigenvalue weighted by atomic mass is 32.2. The summed E-state index contributed by atoms with van der Waals surface area (Å²) in [6.07, 6.45) is 2.26. The first kappa shape index (κ1) is 22.0. The van der Waals surface area contributed by atoms with E-state index in [1.54, 1.807) is 0 Å². The van der Waals surface area contributed by atoms with Crippen molar-refractivity contribution in [2.45, 2.75) is 32.8 Å². The van der Waals surface area contributed by atoms with Crippen molar-refractivity contribution in [3.63, 3.8) is 0 Å². The van der Waals surface area contributed by atoms with Gasteiger partial charge in [0.05, 0.1) is 18.0 Å². The summed E-state index contributed by atoms with van der Waals surface area (Å²) >= 11 is 0. The van der Waals surface area contributed by atoms with Crippen molar-refractivity contribution in [3.05, 3.63) is 46.8 Å². The van der Waals surface area contributed by atoms with Gasteiger partial charge in [-0.25, -0.2) is 18.4 Å². The van der Waals surface area contributed by atoms with E-state index in [1.165, 1.54) is 10.6 Å². The minimum Gasteiger partial charge on any atom is -0.387 e. The second kappa shape index (κ2) is 8.72. The molecule has 1 aromatic heterocycles. The fourth-order valence-corrected chi connectivity index (χ4v) is 5.46. The van der Waals surface area contributed by atoms with Gasteiger partial charge in [-0.15, -0.1) is 0 Å². The van der Waals surface area contributed by atoms with Crippen LogP contribution in [0, 0.1) is 13.8 Å². The van der Waals surface area contributed by atoms with Gasteiger partial charge < -0.3 is 10.0 Å². The van der Waals surface area contributed by atoms with Crippen molar-refractivity contribution in [1.82, 2.24) is 14.9 Å². The predicted octanol–water partition coefficient (Wildman–Crippen LogP) is 1.66. The summed E-state index contributed by atoms with van der Waals surface area (Å²) < 4.78 is 25.6. The summed E-state index contributed by atoms with van der Waals surface area (Å²) in [5.74, 6) is 0.780. The SMILES string of the molecule is Cc1cc(C)nc(N2CCN(C[C@H](O)c3ccc4c(c3)CCCN4S(C)(=O)=O)CC2)n1. The lowest BCUT2D eigenvalue weighted by atomic mass is 9.98. The Morgan fingerprint density at radius 1 is 1.03 bits per heavy atom. The second-order valence-electron chi connectivity index (χ2n) is 8.58. The van der Waals surface area contributed by atoms with Gasteiger partial charge in [0.15, 0.2) is 0 Å². The molecule has 1 fully saturated rings. The lowest BCUT2D eigenvalue weighted by molar-refractivity contribution is 0.109. The van der Waals surface area contributed by atoms with E-state index in [0.29, 0.717) is 13.1 Å². The van der Waals surface area contributed by atoms with Gasteiger partial charge in [0, 0.05) is 50.7 Å². The van der Waals surface area contributed by atoms with E-state index in [4.69, 9.17) is 0 Å². The molecule has 0 saturated carbocycles. The highest BCUT2D eigenvalue weighted by Gasteiger charge is 2.26. The number of piperazine rings is 1. The molecule has 31 heavy (non-hydrogen) atoms. The number of sulfonamides is 1. The molecule has 1 N–H and O–H groups in total. The number of aliphatic hydroxyl groups is 1. The monoisotopic (exact) mass is 445 g/mol. The molecule has 0 radical (unpaired) electrons. The Bertz CT molecular complexity index is 1030. The van der Waals surface area contributed by atoms with Crippen molar-refractivity contribution in [2.24, 2.45) is 0 Å². The molecule has 2 aliphatic heterocycles. The lowest BCUT2D eigenvalue weighted by Gasteiger charge is -2.36. The van der Waals surface area contributed by atoms with Crippen LogP contribution >= 0.6 is 0 Å². The zero-order valence-corrected chi connectivity index (χ0v) is 19.3. The number of aromatic nitrogens is 2. The Labute approximate surface area is 184 Å². The van der Waals surface area contributed by atoms with Gasteiger partial charge in [0.1, 0.15) is 0 Å². The summed E-state index contributed by atoms with van der Waals surface area (Å²) in [5, 5.41) is 10.8. The average Bonchev–Trinajstić information content (AvgIpc) is 2.72. The quantitative estimate of drug-likeness (QED) is 0.749. The molecule has 1 atom stereocenters. The summed E-state index contributed by atoms with van der Waals surface area (Å²) in [7, 11) is -3.28. The maximum atomic E-state index is 12.1. The van der Waals surface area contributed by atoms with Gasteiger partial charge in [-0.05, 0) is 49.9 Å². The molecular weight excluding hydrogens is 414 g/mol. The number of aliphatic hydroxyl groups excluding tert-OH is 1. The van der Waals surface area contributed by atoms with Gasteiger partial charge >= 0.3 is 0 Å². The Hall–Kier alpha value is -2.23. The van der Waals surface area contributed by atoms with E-state index in [9.17, 15) is 13.5 Å². The van der Waals surface area contributed by atoms with Crippen molar-refractivity contribution < 1.29 is 13.5 Å². The number of hydrogen-bond acceptors (Lipinski definition) is 7. The Morgan fingerprint density at radius 3 is 2.35 bits per heavy atom. The molecule has 3 heterocycles. The summed E-state index contributed by atoms with van der Waals surface area (Å²) in [6, 6.07) is 7.64. The van der Waals surface area contributed by atoms with E-state index >= 15 is 0 Å². The highest BCUT2D eigenvalue weighted by Crippen LogP contribution is 2.31. The predicted molar refractivity (Wildman–Crippen MR) is 122 cm³/mol. The number of rotatable bonds is 5. The van der Waals surface area contributed by atoms with Crippen LogP contribution in [0.2, 0.25) is 0 Å². The molecule has 0 aliphatic carbocycles. The van der Waals surface area contributed by atoms with Gasteiger partial charge in [-0.1, -0.05) is 12.1 Å². The van der Waals surface area contributed by atoms with Crippen LogP contribution in [0.25, 0.3) is 0 Å². The standard InChI is InChI=1S/C22H31N5O3S/c1-16-13-17(2)24-22(23-16)26-11-9-25(10-12-26)15-21(28)19-6-7-20-18(14-19)5-4-8-27(20)31(3,29)30/h6-7,13-14,21,28H,4-5,8-12,15H2,1-3H3/t21-/m0/s1. The van der Waals surface area contributed by atoms with Crippen LogP contribution < -0.4 is 9.21 Å². The summed E-state index contributed by atoms with van der Waals surface area (Å²) in [4.78, 5) is 13.6. The van der Waals surface area contributed by atoms with E-state index < -0.39 is 16.1 Å². The normalized spacial score (nSPS) is 18.7. The zero-order valence-electron chi connectivity index (χ0n) is 18.5. The lowest BCUT2D eigenvalue weighted by Crippen LogP contribution is -2.48. The van der Waals surface area contributed by atoms with Gasteiger partial charge in [0.25, 0.3) is 0 Å². The fourth-order valence-electron chi connectivity index (χ4n) is 4.46. The molecule has 0 spiro atoms. The molecule has 0 unspecified atom stereocenters. The molecule has 168 valence electrons. The first-order chi connectivity index (χ1) is 14.7. The minimum absolute atomic E-state index is 0.516. The van der Waals surface area contributed by atoms with Crippen molar-refractivity contribution >= 4 is 21.7 Å². The molecular formula is C22H31N5O3S. The maximum absolute atomic E-state index is 12.1. The average molecular weight is 446 g/mol. The number of fused-ring (bicyclic) bond motifs is 1. The largest absolute Gasteiger partial charge is 0.387 e. The van der Waals surface area contributed by atoms with Crippen LogP contribution in [0.15, 0.2) is 24.3 Å². The molecule has 0 amide bonds. The van der Waals surface area contributed by atoms with Crippen LogP contribution in [-0.4, -0.2) is 73.9 Å². The van der Waals surface area contributed by atoms with E-state index in [1.807, 2.05) is 38.1 Å². The smallest absolute Gasteiger partial charge is 0.232 e. The van der Waals surface area contributed by atoms with Crippen LogP contribution in [0.5, 0.6) is 0 Å². The Kier molecular flexibility index (Phi) is 6.18. The minimum atomic E-state index is -3.28. The highest BCUT2D eigenvalue weighted by molar-refractivity contribution is 7.92. The first-order valence-corrected chi connectivity index (χ1v) is 12.6. The van der Waals surface area contributed by atoms with Crippen LogP contribution in [0.3, 0.4) is 0 Å². The van der Waals surface area contributed by atoms with Crippen LogP contribution in [0.4, 0.5) is 11.6 Å². The topological polar surface area (TPSA) is 89.9 Å². The molecule has 2 aromatic rings. The molecule has 9 heteroatoms. The molecule has 4 rings (SSSR count). The molecule has 1 saturated heterocycles. The van der Waals surface area contributed by atoms with Crippen molar-refractivity contribution in [1.29, 1.82) is 0 Å². The zero-order chi connectivity index (χ0) is 22.2. The summed E-state index contributed by atoms with van der Waals surface area (Å²) in [5.41, 5.74) is 4.52. The number of hydrogen-bond donors (Lipinski definition) is 1. The van der Waals surface area contributed by atoms with Gasteiger partial charge in [0.2, 0.25) is 16.0 Å². The van der Waals surface area contributed by atoms with E-state index in [-0.39, 0.29) is 0 Å². The number of aryl methyl sites for hydroxylation is 3. The number of anilines is 2. The van der Waals surface area contributed by atoms with Crippen molar-refractivity contribution in [3.8, 4) is 0 Å². The van der Waals surface area contributed by atoms with E-state index in [2.05, 4.69) is 19.8 Å². The van der Waals surface area contributed by atoms with Gasteiger partial charge in [-0.2, -0.15) is 0 Å². The second-order valence-corrected chi connectivity index (χ2v) is 10.5. The molecule has 2 aliphatic rings. The Morgan fingerprint density at radius 2 is 1.71 bits per heavy atom. The maximum Gasteiger partial charge on any atom is 0.232 e. The number of nitrogens with zero attached hydrogens (tertiary/aromatic N) is 5. The first-order valence-electron chi connectivity index (χ1n) is 10.8. The van der Waals surface area contributed by atoms with Crippen molar-refractivity contribution in [2.75, 3.05) is 54.7 Å². The Balaban J connectivity index is 1.39. The third kappa shape index (κ3) is 4.99. The van der Waals surface area contributed by atoms with Gasteiger partial charge in [-0.3, -0.25) is 9.21 Å². The molecule has 0 bridgehead atoms. The van der Waals surface area contributed by atoms with Crippen LogP contribution in [-0.2, 0) is 16.4 Å². The number of benzene rings is 1.